The van der Waals surface area contributed by atoms with Gasteiger partial charge in [-0.05, 0) is 59.7 Å². The fraction of sp³-hybridized carbons (Fsp3) is 0.143. The summed E-state index contributed by atoms with van der Waals surface area (Å²) in [6, 6.07) is 10.3. The van der Waals surface area contributed by atoms with Gasteiger partial charge in [0.15, 0.2) is 0 Å². The molecule has 0 aliphatic carbocycles. The fourth-order valence-corrected chi connectivity index (χ4v) is 2.94. The summed E-state index contributed by atoms with van der Waals surface area (Å²) >= 11 is 3.50. The van der Waals surface area contributed by atoms with Crippen molar-refractivity contribution in [1.82, 2.24) is 4.72 Å². The molecule has 0 spiro atoms. The van der Waals surface area contributed by atoms with Crippen LogP contribution in [0.2, 0.25) is 0 Å². The zero-order valence-electron chi connectivity index (χ0n) is 11.6. The van der Waals surface area contributed by atoms with Gasteiger partial charge in [0, 0.05) is 4.47 Å². The van der Waals surface area contributed by atoms with E-state index in [2.05, 4.69) is 26.0 Å². The van der Waals surface area contributed by atoms with Crippen LogP contribution in [-0.4, -0.2) is 15.5 Å². The maximum Gasteiger partial charge on any atom is 0.240 e. The average molecular weight is 370 g/mol. The Labute approximate surface area is 132 Å². The molecule has 0 saturated carbocycles. The first-order valence-corrected chi connectivity index (χ1v) is 8.48. The quantitative estimate of drug-likeness (QED) is 0.723. The molecule has 21 heavy (non-hydrogen) atoms. The van der Waals surface area contributed by atoms with E-state index in [1.54, 1.807) is 6.07 Å². The summed E-state index contributed by atoms with van der Waals surface area (Å²) < 4.78 is 26.9. The number of benzene rings is 2. The number of sulfonamides is 1. The second-order valence-electron chi connectivity index (χ2n) is 4.52. The largest absolute Gasteiger partial charge is 0.397 e. The van der Waals surface area contributed by atoms with Gasteiger partial charge in [0.2, 0.25) is 10.0 Å². The molecular formula is C14H16BrN3O2S. The molecular weight excluding hydrogens is 354 g/mol. The van der Waals surface area contributed by atoms with Gasteiger partial charge < -0.3 is 11.1 Å². The minimum absolute atomic E-state index is 0.158. The molecule has 0 fully saturated rings. The van der Waals surface area contributed by atoms with Crippen molar-refractivity contribution in [2.75, 3.05) is 18.1 Å². The Morgan fingerprint density at radius 2 is 1.86 bits per heavy atom. The van der Waals surface area contributed by atoms with Crippen LogP contribution < -0.4 is 15.8 Å². The third-order valence-corrected chi connectivity index (χ3v) is 5.53. The number of nitrogen functional groups attached to an aromatic ring is 1. The van der Waals surface area contributed by atoms with Crippen LogP contribution in [0.3, 0.4) is 0 Å². The van der Waals surface area contributed by atoms with Gasteiger partial charge in [-0.1, -0.05) is 12.1 Å². The van der Waals surface area contributed by atoms with Crippen molar-refractivity contribution < 1.29 is 8.42 Å². The molecule has 0 heterocycles. The monoisotopic (exact) mass is 369 g/mol. The van der Waals surface area contributed by atoms with Crippen LogP contribution in [0.1, 0.15) is 5.56 Å². The molecule has 0 amide bonds. The zero-order chi connectivity index (χ0) is 15.6. The van der Waals surface area contributed by atoms with Crippen molar-refractivity contribution in [1.29, 1.82) is 0 Å². The third-order valence-electron chi connectivity index (χ3n) is 3.06. The fourth-order valence-electron chi connectivity index (χ4n) is 1.82. The maximum atomic E-state index is 11.8. The van der Waals surface area contributed by atoms with E-state index in [1.165, 1.54) is 19.2 Å². The van der Waals surface area contributed by atoms with Crippen LogP contribution >= 0.6 is 15.9 Å². The Balaban J connectivity index is 2.45. The molecule has 0 bridgehead atoms. The van der Waals surface area contributed by atoms with E-state index in [-0.39, 0.29) is 4.90 Å². The molecule has 0 radical (unpaired) electrons. The smallest absolute Gasteiger partial charge is 0.240 e. The minimum Gasteiger partial charge on any atom is -0.397 e. The average Bonchev–Trinajstić information content (AvgIpc) is 2.46. The number of anilines is 3. The Morgan fingerprint density at radius 3 is 2.52 bits per heavy atom. The number of hydrogen-bond acceptors (Lipinski definition) is 4. The van der Waals surface area contributed by atoms with E-state index in [0.29, 0.717) is 11.4 Å². The van der Waals surface area contributed by atoms with Gasteiger partial charge in [-0.3, -0.25) is 0 Å². The highest BCUT2D eigenvalue weighted by Crippen LogP contribution is 2.32. The maximum absolute atomic E-state index is 11.8. The first kappa shape index (κ1) is 15.8. The van der Waals surface area contributed by atoms with E-state index in [9.17, 15) is 8.42 Å². The molecule has 112 valence electrons. The van der Waals surface area contributed by atoms with Crippen molar-refractivity contribution in [2.45, 2.75) is 11.8 Å². The predicted octanol–water partition coefficient (Wildman–Crippen LogP) is 2.99. The molecule has 7 heteroatoms. The van der Waals surface area contributed by atoms with Gasteiger partial charge in [0.25, 0.3) is 0 Å². The number of hydrogen-bond donors (Lipinski definition) is 3. The highest BCUT2D eigenvalue weighted by Gasteiger charge is 2.14. The van der Waals surface area contributed by atoms with Gasteiger partial charge >= 0.3 is 0 Å². The first-order valence-electron chi connectivity index (χ1n) is 6.20. The molecule has 0 unspecified atom stereocenters. The topological polar surface area (TPSA) is 84.2 Å². The molecule has 5 nitrogen and oxygen atoms in total. The Hall–Kier alpha value is -1.57. The van der Waals surface area contributed by atoms with Crippen LogP contribution in [0.5, 0.6) is 0 Å². The highest BCUT2D eigenvalue weighted by atomic mass is 79.9. The molecule has 2 rings (SSSR count). The number of nitrogens with two attached hydrogens (primary N) is 1. The van der Waals surface area contributed by atoms with E-state index in [4.69, 9.17) is 5.73 Å². The normalized spacial score (nSPS) is 11.4. The predicted molar refractivity (Wildman–Crippen MR) is 89.3 cm³/mol. The lowest BCUT2D eigenvalue weighted by atomic mass is 10.2. The Morgan fingerprint density at radius 1 is 1.14 bits per heavy atom. The summed E-state index contributed by atoms with van der Waals surface area (Å²) in [5, 5.41) is 3.15. The Kier molecular flexibility index (Phi) is 4.55. The number of aryl methyl sites for hydroxylation is 1. The summed E-state index contributed by atoms with van der Waals surface area (Å²) in [5.41, 5.74) is 8.81. The van der Waals surface area contributed by atoms with Gasteiger partial charge in [-0.25, -0.2) is 13.1 Å². The van der Waals surface area contributed by atoms with E-state index < -0.39 is 10.0 Å². The van der Waals surface area contributed by atoms with E-state index >= 15 is 0 Å². The van der Waals surface area contributed by atoms with E-state index in [0.717, 1.165) is 15.7 Å². The van der Waals surface area contributed by atoms with Crippen molar-refractivity contribution in [2.24, 2.45) is 0 Å². The van der Waals surface area contributed by atoms with Gasteiger partial charge in [-0.2, -0.15) is 0 Å². The third kappa shape index (κ3) is 3.37. The van der Waals surface area contributed by atoms with Crippen molar-refractivity contribution in [3.8, 4) is 0 Å². The number of halogens is 1. The van der Waals surface area contributed by atoms with Crippen LogP contribution in [0.25, 0.3) is 0 Å². The van der Waals surface area contributed by atoms with Crippen LogP contribution in [-0.2, 0) is 10.0 Å². The van der Waals surface area contributed by atoms with Crippen molar-refractivity contribution >= 4 is 43.0 Å². The lowest BCUT2D eigenvalue weighted by Gasteiger charge is -2.13. The summed E-state index contributed by atoms with van der Waals surface area (Å²) in [4.78, 5) is 0.158. The SMILES string of the molecule is CNS(=O)(=O)c1ccc(N)c(Nc2cccc(C)c2Br)c1. The van der Waals surface area contributed by atoms with Crippen molar-refractivity contribution in [3.05, 3.63) is 46.4 Å². The molecule has 0 atom stereocenters. The zero-order valence-corrected chi connectivity index (χ0v) is 14.0. The molecule has 0 aliphatic rings. The van der Waals surface area contributed by atoms with Crippen LogP contribution in [0, 0.1) is 6.92 Å². The summed E-state index contributed by atoms with van der Waals surface area (Å²) in [5.74, 6) is 0. The summed E-state index contributed by atoms with van der Waals surface area (Å²) in [7, 11) is -2.13. The van der Waals surface area contributed by atoms with Crippen molar-refractivity contribution in [3.63, 3.8) is 0 Å². The molecule has 0 aliphatic heterocycles. The molecule has 4 N–H and O–H groups in total. The van der Waals surface area contributed by atoms with Gasteiger partial charge in [0.1, 0.15) is 0 Å². The lowest BCUT2D eigenvalue weighted by Crippen LogP contribution is -2.18. The molecule has 0 aromatic heterocycles. The highest BCUT2D eigenvalue weighted by molar-refractivity contribution is 9.10. The molecule has 2 aromatic carbocycles. The summed E-state index contributed by atoms with van der Waals surface area (Å²) in [6.07, 6.45) is 0. The summed E-state index contributed by atoms with van der Waals surface area (Å²) in [6.45, 7) is 1.97. The van der Waals surface area contributed by atoms with E-state index in [1.807, 2.05) is 25.1 Å². The minimum atomic E-state index is -3.51. The van der Waals surface area contributed by atoms with Gasteiger partial charge in [-0.15, -0.1) is 0 Å². The molecule has 2 aromatic rings. The van der Waals surface area contributed by atoms with Gasteiger partial charge in [0.05, 0.1) is 22.0 Å². The standard InChI is InChI=1S/C14H16BrN3O2S/c1-9-4-3-5-12(14(9)15)18-13-8-10(6-7-11(13)16)21(19,20)17-2/h3-8,17-18H,16H2,1-2H3. The second-order valence-corrected chi connectivity index (χ2v) is 7.20. The molecule has 0 saturated heterocycles. The lowest BCUT2D eigenvalue weighted by molar-refractivity contribution is 0.588. The Bertz CT molecular complexity index is 776. The van der Waals surface area contributed by atoms with Crippen LogP contribution in [0.15, 0.2) is 45.8 Å². The number of nitrogens with one attached hydrogen (secondary N) is 2. The van der Waals surface area contributed by atoms with Crippen LogP contribution in [0.4, 0.5) is 17.1 Å². The first-order chi connectivity index (χ1) is 9.85. The number of rotatable bonds is 4. The second kappa shape index (κ2) is 6.05.